The largest absolute Gasteiger partial charge is 0.307 e. The van der Waals surface area contributed by atoms with Crippen molar-refractivity contribution in [2.24, 2.45) is 0 Å². The molecule has 2 heterocycles. The minimum Gasteiger partial charge on any atom is -0.307 e. The molecule has 0 N–H and O–H groups in total. The van der Waals surface area contributed by atoms with Crippen molar-refractivity contribution < 1.29 is 34.8 Å². The van der Waals surface area contributed by atoms with Gasteiger partial charge in [-0.1, -0.05) is 11.6 Å². The molecule has 9 heteroatoms. The Morgan fingerprint density at radius 3 is 1.70 bits per heavy atom. The summed E-state index contributed by atoms with van der Waals surface area (Å²) in [7, 11) is 0. The second-order valence-corrected chi connectivity index (χ2v) is 2.66. The normalized spacial score (nSPS) is 7.05. The van der Waals surface area contributed by atoms with Crippen molar-refractivity contribution in [3.63, 3.8) is 0 Å². The van der Waals surface area contributed by atoms with Gasteiger partial charge in [-0.15, -0.1) is 0 Å². The number of halogens is 1. The van der Waals surface area contributed by atoms with Crippen molar-refractivity contribution in [1.29, 1.82) is 0 Å². The summed E-state index contributed by atoms with van der Waals surface area (Å²) in [6, 6.07) is 3.34. The third-order valence-corrected chi connectivity index (χ3v) is 1.60. The molecule has 0 saturated carbocycles. The maximum Gasteiger partial charge on any atom is 0.199 e. The number of carbonyl (C=O) groups excluding carboxylic acids is 3. The quantitative estimate of drug-likeness (QED) is 0.576. The molecule has 0 aliphatic heterocycles. The molecule has 0 amide bonds. The average Bonchev–Trinajstić information content (AvgIpc) is 2.54. The van der Waals surface area contributed by atoms with Crippen LogP contribution < -0.4 is 0 Å². The fourth-order valence-corrected chi connectivity index (χ4v) is 0.995. The summed E-state index contributed by atoms with van der Waals surface area (Å²) in [5.74, 6) is 0.915. The minimum atomic E-state index is 0. The predicted octanol–water partition coefficient (Wildman–Crippen LogP) is 1.03. The van der Waals surface area contributed by atoms with Crippen LogP contribution in [-0.4, -0.2) is 40.3 Å². The van der Waals surface area contributed by atoms with Crippen molar-refractivity contribution in [3.05, 3.63) is 35.9 Å². The zero-order valence-electron chi connectivity index (χ0n) is 10.3. The van der Waals surface area contributed by atoms with Gasteiger partial charge < -0.3 is 14.4 Å². The first kappa shape index (κ1) is 23.2. The molecule has 0 unspecified atom stereocenters. The number of rotatable bonds is 1. The van der Waals surface area contributed by atoms with Crippen LogP contribution in [0.2, 0.25) is 5.15 Å². The molecule has 2 rings (SSSR count). The number of hydrogen-bond donors (Lipinski definition) is 0. The smallest absolute Gasteiger partial charge is 0.199 e. The van der Waals surface area contributed by atoms with Gasteiger partial charge in [0.05, 0.1) is 0 Å². The molecule has 0 aliphatic carbocycles. The number of carbonyl (C=O) groups is 3. The molecule has 2 aromatic heterocycles. The van der Waals surface area contributed by atoms with E-state index < -0.39 is 0 Å². The molecule has 0 atom stereocenters. The molecule has 0 aliphatic rings. The Labute approximate surface area is 134 Å². The van der Waals surface area contributed by atoms with Crippen molar-refractivity contribution >= 4 is 32.0 Å². The number of hydrogen-bond acceptors (Lipinski definition) is 7. The van der Waals surface area contributed by atoms with Crippen LogP contribution in [0, 0.1) is 0 Å². The summed E-state index contributed by atoms with van der Waals surface area (Å²) < 4.78 is 0. The molecular weight excluding hydrogens is 458 g/mol. The monoisotopic (exact) mass is 469 g/mol. The van der Waals surface area contributed by atoms with Crippen molar-refractivity contribution in [2.75, 3.05) is 0 Å². The van der Waals surface area contributed by atoms with Crippen molar-refractivity contribution in [3.8, 4) is 11.6 Å². The molecule has 2 aromatic rings. The third-order valence-electron chi connectivity index (χ3n) is 1.39. The minimum absolute atomic E-state index is 0. The van der Waals surface area contributed by atoms with Crippen molar-refractivity contribution in [1.82, 2.24) is 19.9 Å². The van der Waals surface area contributed by atoms with E-state index in [2.05, 4.69) is 19.9 Å². The van der Waals surface area contributed by atoms with Crippen LogP contribution in [0.1, 0.15) is 0 Å². The topological polar surface area (TPSA) is 103 Å². The van der Waals surface area contributed by atoms with E-state index in [1.54, 1.807) is 30.7 Å². The summed E-state index contributed by atoms with van der Waals surface area (Å²) in [4.78, 5) is 40.0. The van der Waals surface area contributed by atoms with E-state index in [1.165, 1.54) is 0 Å². The molecule has 7 nitrogen and oxygen atoms in total. The van der Waals surface area contributed by atoms with Crippen LogP contribution >= 0.6 is 11.6 Å². The van der Waals surface area contributed by atoms with Crippen LogP contribution in [0.4, 0.5) is 0 Å². The molecule has 0 aromatic carbocycles. The zero-order chi connectivity index (χ0) is 15.1. The van der Waals surface area contributed by atoms with Crippen LogP contribution in [-0.2, 0) is 34.8 Å². The van der Waals surface area contributed by atoms with Crippen molar-refractivity contribution in [2.45, 2.75) is 0 Å². The van der Waals surface area contributed by atoms with Crippen LogP contribution in [0.25, 0.3) is 11.6 Å². The van der Waals surface area contributed by atoms with E-state index >= 15 is 0 Å². The van der Waals surface area contributed by atoms with E-state index in [-0.39, 0.29) is 20.4 Å². The second kappa shape index (κ2) is 17.1. The maximum atomic E-state index is 8.00. The predicted molar refractivity (Wildman–Crippen MR) is 69.4 cm³/mol. The summed E-state index contributed by atoms with van der Waals surface area (Å²) in [6.07, 6.45) is 4.83. The summed E-state index contributed by atoms with van der Waals surface area (Å²) >= 11 is 5.69. The summed E-state index contributed by atoms with van der Waals surface area (Å²) in [5, 5.41) is 0.387. The van der Waals surface area contributed by atoms with Gasteiger partial charge in [0.1, 0.15) is 25.5 Å². The first-order valence-corrected chi connectivity index (χ1v) is 4.86. The van der Waals surface area contributed by atoms with Gasteiger partial charge in [0.25, 0.3) is 0 Å². The van der Waals surface area contributed by atoms with E-state index in [1.807, 2.05) is 20.4 Å². The number of nitrogens with zero attached hydrogens (tertiary/aromatic N) is 4. The van der Waals surface area contributed by atoms with E-state index in [0.29, 0.717) is 16.8 Å². The molecule has 20 heavy (non-hydrogen) atoms. The second-order valence-electron chi connectivity index (χ2n) is 2.28. The molecule has 0 saturated heterocycles. The van der Waals surface area contributed by atoms with E-state index in [4.69, 9.17) is 26.0 Å². The standard InChI is InChI=1S/C8H5ClN4.3CH2O.Re/c9-6-2-5-12-8(13-6)7-10-3-1-4-11-7;3*1-2;/h1-5H;3*1H2;. The Bertz CT molecular complexity index is 460. The van der Waals surface area contributed by atoms with Gasteiger partial charge >= 0.3 is 0 Å². The molecular formula is C11H11ClN4O3Re. The van der Waals surface area contributed by atoms with Gasteiger partial charge in [-0.25, -0.2) is 19.9 Å². The van der Waals surface area contributed by atoms with E-state index in [0.717, 1.165) is 0 Å². The van der Waals surface area contributed by atoms with Crippen LogP contribution in [0.5, 0.6) is 0 Å². The zero-order valence-corrected chi connectivity index (χ0v) is 13.7. The Hall–Kier alpha value is -1.88. The fraction of sp³-hybridized carbons (Fsp3) is 0. The Morgan fingerprint density at radius 2 is 1.25 bits per heavy atom. The van der Waals surface area contributed by atoms with Gasteiger partial charge in [0.15, 0.2) is 11.6 Å². The molecule has 0 bridgehead atoms. The van der Waals surface area contributed by atoms with Crippen LogP contribution in [0.3, 0.4) is 0 Å². The first-order chi connectivity index (χ1) is 9.36. The Kier molecular flexibility index (Phi) is 19.9. The van der Waals surface area contributed by atoms with Gasteiger partial charge in [-0.2, -0.15) is 0 Å². The molecule has 1 radical (unpaired) electrons. The summed E-state index contributed by atoms with van der Waals surface area (Å²) in [6.45, 7) is 6.00. The van der Waals surface area contributed by atoms with Gasteiger partial charge in [-0.3, -0.25) is 0 Å². The Morgan fingerprint density at radius 1 is 0.800 bits per heavy atom. The summed E-state index contributed by atoms with van der Waals surface area (Å²) in [5.41, 5.74) is 0. The van der Waals surface area contributed by atoms with E-state index in [9.17, 15) is 0 Å². The molecule has 0 spiro atoms. The Balaban J connectivity index is -0.000000368. The first-order valence-electron chi connectivity index (χ1n) is 4.49. The van der Waals surface area contributed by atoms with Gasteiger partial charge in [-0.05, 0) is 12.1 Å². The van der Waals surface area contributed by atoms with Gasteiger partial charge in [0.2, 0.25) is 0 Å². The molecule has 0 fully saturated rings. The fourth-order valence-electron chi connectivity index (χ4n) is 0.859. The molecule has 107 valence electrons. The third kappa shape index (κ3) is 9.11. The average molecular weight is 469 g/mol. The SMILES string of the molecule is C=O.C=O.C=O.Clc1ccnc(-c2ncccn2)n1.[Re]. The van der Waals surface area contributed by atoms with Gasteiger partial charge in [0, 0.05) is 39.0 Å². The van der Waals surface area contributed by atoms with Crippen LogP contribution in [0.15, 0.2) is 30.7 Å². The maximum absolute atomic E-state index is 8.00. The number of aromatic nitrogens is 4.